The van der Waals surface area contributed by atoms with Gasteiger partial charge in [0.1, 0.15) is 0 Å². The van der Waals surface area contributed by atoms with Crippen LogP contribution in [-0.2, 0) is 4.79 Å². The second-order valence-corrected chi connectivity index (χ2v) is 60.2. The van der Waals surface area contributed by atoms with Gasteiger partial charge in [0.25, 0.3) is 0 Å². The molecule has 0 aliphatic heterocycles. The quantitative estimate of drug-likeness (QED) is 0.0471. The van der Waals surface area contributed by atoms with Crippen molar-refractivity contribution in [1.29, 1.82) is 0 Å². The van der Waals surface area contributed by atoms with Crippen molar-refractivity contribution in [3.05, 3.63) is 0 Å². The zero-order valence-electron chi connectivity index (χ0n) is 110. The number of hydrogen-bond acceptors (Lipinski definition) is 4. The smallest absolute Gasteiger partial charge is 0.222 e. The van der Waals surface area contributed by atoms with Crippen molar-refractivity contribution in [2.24, 2.45) is 59.2 Å². The van der Waals surface area contributed by atoms with Gasteiger partial charge < -0.3 is 74.0 Å². The molecule has 2 unspecified atom stereocenters. The first kappa shape index (κ1) is 154. The number of quaternary nitrogens is 12. The first-order valence-electron chi connectivity index (χ1n) is 62.8. The molecule has 2 N–H and O–H groups in total. The molecule has 0 aromatic carbocycles. The number of hydrogen-bond donors (Lipinski definition) is 2. The zero-order chi connectivity index (χ0) is 113. The minimum Gasteiger partial charge on any atom is -0.396 e. The molecule has 0 aromatic rings. The van der Waals surface area contributed by atoms with E-state index >= 15 is 0 Å². The summed E-state index contributed by atoms with van der Waals surface area (Å²) in [5.74, 6) is 8.22. The van der Waals surface area contributed by atoms with E-state index in [4.69, 9.17) is 5.11 Å². The molecule has 0 fully saturated rings. The molecule has 880 valence electrons. The maximum atomic E-state index is 11.4. The number of unbranched alkanes of at least 4 members (excludes halogenated alkanes) is 10. The Morgan fingerprint density at radius 2 is 0.345 bits per heavy atom. The Kier molecular flexibility index (Phi) is 93.7. The molecule has 0 bridgehead atoms. The van der Waals surface area contributed by atoms with Crippen LogP contribution < -0.4 is 5.32 Å². The highest BCUT2D eigenvalue weighted by molar-refractivity contribution is 5.75. The predicted octanol–water partition coefficient (Wildman–Crippen LogP) is 27.0. The molecule has 0 spiro atoms. The van der Waals surface area contributed by atoms with Crippen molar-refractivity contribution in [3.63, 3.8) is 0 Å². The number of rotatable bonds is 89. The van der Waals surface area contributed by atoms with E-state index in [1.807, 2.05) is 0 Å². The van der Waals surface area contributed by atoms with Gasteiger partial charge >= 0.3 is 0 Å². The van der Waals surface area contributed by atoms with Gasteiger partial charge in [-0.3, -0.25) is 4.79 Å². The van der Waals surface area contributed by atoms with Gasteiger partial charge in [0, 0.05) is 32.2 Å². The van der Waals surface area contributed by atoms with Gasteiger partial charge in [-0.25, -0.2) is 0 Å². The largest absolute Gasteiger partial charge is 0.396 e. The van der Waals surface area contributed by atoms with E-state index in [0.717, 1.165) is 115 Å². The molecule has 0 saturated carbocycles. The summed E-state index contributed by atoms with van der Waals surface area (Å²) in [6.45, 7) is 86.7. The van der Waals surface area contributed by atoms with Crippen LogP contribution in [0, 0.1) is 59.2 Å². The normalized spacial score (nSPS) is 13.8. The van der Waals surface area contributed by atoms with E-state index in [-0.39, 0.29) is 18.9 Å². The van der Waals surface area contributed by atoms with Crippen molar-refractivity contribution in [3.8, 4) is 0 Å². The Morgan fingerprint density at radius 1 is 0.193 bits per heavy atom. The average molecular weight is 2070 g/mol. The summed E-state index contributed by atoms with van der Waals surface area (Å²) in [5, 5.41) is 11.6. The van der Waals surface area contributed by atoms with Crippen molar-refractivity contribution in [2.75, 3.05) is 380 Å². The van der Waals surface area contributed by atoms with Gasteiger partial charge in [0.15, 0.2) is 0 Å². The molecule has 0 saturated heterocycles. The summed E-state index contributed by atoms with van der Waals surface area (Å²) in [6.07, 6.45) is 53.3. The number of carbonyl (C=O) groups excluding carboxylic acids is 1. The van der Waals surface area contributed by atoms with E-state index in [2.05, 4.69) is 344 Å². The molecular weight excluding hydrogens is 1780 g/mol. The molecule has 0 heterocycles. The summed E-state index contributed by atoms with van der Waals surface area (Å²) in [6, 6.07) is 0. The van der Waals surface area contributed by atoms with E-state index in [1.165, 1.54) is 439 Å². The molecule has 0 aliphatic carbocycles. The van der Waals surface area contributed by atoms with Crippen LogP contribution in [-0.4, -0.2) is 454 Å². The lowest BCUT2D eigenvalue weighted by Crippen LogP contribution is -2.50. The number of carbonyl (C=O) groups is 1. The van der Waals surface area contributed by atoms with Crippen LogP contribution in [0.25, 0.3) is 0 Å². The number of amides is 1. The fourth-order valence-corrected chi connectivity index (χ4v) is 20.0. The molecule has 1 amide bonds. The van der Waals surface area contributed by atoms with Crippen LogP contribution in [0.1, 0.15) is 402 Å². The average Bonchev–Trinajstić information content (AvgIpc) is 0.865. The lowest BCUT2D eigenvalue weighted by atomic mass is 10.0. The lowest BCUT2D eigenvalue weighted by Gasteiger charge is -2.39. The molecule has 0 rings (SSSR count). The monoisotopic (exact) mass is 2070 g/mol. The van der Waals surface area contributed by atoms with Gasteiger partial charge in [-0.15, -0.1) is 0 Å². The highest BCUT2D eigenvalue weighted by Gasteiger charge is 2.30. The Morgan fingerprint density at radius 3 is 0.538 bits per heavy atom. The molecule has 0 aromatic heterocycles. The standard InChI is InChI=1S/C33H76N4.C31H70N4.C21H48N2.C19H40N2O2.C19H44N2.C5H14N/c1-32(2)22-19-28-36(11,26-17-13-15-24-34(5,6)7)30-21-31-37(12,29-20-23-33(3)4)27-18-14-16-25-35(8,9)10;1-30(2)20-17-24-32(22-13-11-15-28-34(5,6)7)26-19-27-33(25-18-21-31(3)4)23-14-12-16-29-35(8,9)10;1-20(2)14-12-18-23(8,19-13-15-21(3)4)17-11-9-10-16-22(5,6)7;1-17(2)9-6-13-21(5,14-7-10-18(3)4)15-8-12-20-19(23)11-16-22;1-18(2)12-9-15-21(8,16-10-13-19(3)4)17-11-14-20(5,6)7;1-5-6(2,3)4/h32-33H,13-31H2,1-12H3;30-31H,11-29H2,1-10H3;20-21H,9-19H2,1-8H3;17-18,22H,6-16H2,1-5H3;18-19H,9-17H2,1-8H3;5H2,1-4H3/q+4;2*+2;;+2;+1/p+1. The Bertz CT molecular complexity index is 2640. The maximum Gasteiger partial charge on any atom is 0.222 e. The highest BCUT2D eigenvalue weighted by Crippen LogP contribution is 2.24. The van der Waals surface area contributed by atoms with Crippen molar-refractivity contribution >= 4 is 5.91 Å². The van der Waals surface area contributed by atoms with Crippen molar-refractivity contribution < 1.29 is 63.7 Å². The second kappa shape index (κ2) is 87.9. The molecule has 2 atom stereocenters. The maximum absolute atomic E-state index is 11.4. The number of aliphatic hydroxyl groups excluding tert-OH is 1. The first-order chi connectivity index (χ1) is 66.7. The lowest BCUT2D eigenvalue weighted by molar-refractivity contribution is -0.928. The fourth-order valence-electron chi connectivity index (χ4n) is 20.0. The molecule has 17 heteroatoms. The SMILES string of the molecule is CC(C)CCCN(CCCCC[N+](C)(C)C)CCCN(CCCCC[N+](C)(C)C)CCCC(C)C.CC(C)CCC[N+](C)(CCCC(C)C)CCC[N+](C)(C)C.CC(C)CCC[N+](C)(CCCCC[N+](C)(C)C)CCCC(C)C.CC(C)CCC[N+](C)(CCCCC[N+](C)(C)C)CCC[N+](C)(CCCCC[N+](C)(C)C)CCCC(C)C.CC(C)CCC[N+](C)(CCCNC(=O)CCO)CCCC(C)C.CC[N+](C)(C)C. The molecule has 17 nitrogen and oxygen atoms in total. The minimum absolute atomic E-state index is 0.0404. The first-order valence-corrected chi connectivity index (χ1v) is 62.8. The fraction of sp³-hybridized carbons (Fsp3) is 0.992. The Hall–Kier alpha value is -1.13. The second-order valence-electron chi connectivity index (χ2n) is 60.2. The van der Waals surface area contributed by atoms with Gasteiger partial charge in [-0.2, -0.15) is 0 Å². The minimum atomic E-state index is -0.0655. The third kappa shape index (κ3) is 125. The van der Waals surface area contributed by atoms with Crippen LogP contribution >= 0.6 is 0 Å². The van der Waals surface area contributed by atoms with Crippen LogP contribution in [0.4, 0.5) is 0 Å². The van der Waals surface area contributed by atoms with E-state index < -0.39 is 0 Å². The van der Waals surface area contributed by atoms with Crippen LogP contribution in [0.15, 0.2) is 0 Å². The van der Waals surface area contributed by atoms with Gasteiger partial charge in [-0.1, -0.05) is 138 Å². The van der Waals surface area contributed by atoms with Gasteiger partial charge in [-0.05, 0) is 337 Å². The molecular formula is C128H293N15O2+12. The van der Waals surface area contributed by atoms with E-state index in [1.54, 1.807) is 0 Å². The molecule has 0 radical (unpaired) electrons. The van der Waals surface area contributed by atoms with Crippen LogP contribution in [0.5, 0.6) is 0 Å². The molecule has 0 aliphatic rings. The summed E-state index contributed by atoms with van der Waals surface area (Å²) < 4.78 is 14.0. The van der Waals surface area contributed by atoms with Gasteiger partial charge in [0.2, 0.25) is 5.91 Å². The van der Waals surface area contributed by atoms with Crippen molar-refractivity contribution in [2.45, 2.75) is 402 Å². The number of nitrogens with one attached hydrogen (secondary N) is 1. The van der Waals surface area contributed by atoms with Crippen LogP contribution in [0.2, 0.25) is 0 Å². The summed E-state index contributed by atoms with van der Waals surface area (Å²) in [4.78, 5) is 17.0. The van der Waals surface area contributed by atoms with E-state index in [9.17, 15) is 4.79 Å². The number of aliphatic hydroxyl groups is 1. The Balaban J connectivity index is -0.000000417. The van der Waals surface area contributed by atoms with Crippen molar-refractivity contribution in [1.82, 2.24) is 15.1 Å². The predicted molar refractivity (Wildman–Crippen MR) is 656 cm³/mol. The summed E-state index contributed by atoms with van der Waals surface area (Å²) >= 11 is 0. The summed E-state index contributed by atoms with van der Waals surface area (Å²) in [7, 11) is 60.8. The van der Waals surface area contributed by atoms with Gasteiger partial charge in [0.05, 0.1) is 334 Å². The Labute approximate surface area is 920 Å². The van der Waals surface area contributed by atoms with E-state index in [0.29, 0.717) is 0 Å². The van der Waals surface area contributed by atoms with Crippen LogP contribution in [0.3, 0.4) is 0 Å². The highest BCUT2D eigenvalue weighted by atomic mass is 16.3. The third-order valence-electron chi connectivity index (χ3n) is 30.4. The topological polar surface area (TPSA) is 55.8 Å². The third-order valence-corrected chi connectivity index (χ3v) is 30.4. The molecule has 145 heavy (non-hydrogen) atoms. The zero-order valence-corrected chi connectivity index (χ0v) is 110. The summed E-state index contributed by atoms with van der Waals surface area (Å²) in [5.41, 5.74) is 0. The number of nitrogens with zero attached hydrogens (tertiary/aromatic N) is 14.